The highest BCUT2D eigenvalue weighted by Gasteiger charge is 2.20. The molecule has 0 atom stereocenters. The van der Waals surface area contributed by atoms with Crippen molar-refractivity contribution in [3.05, 3.63) is 30.3 Å². The summed E-state index contributed by atoms with van der Waals surface area (Å²) in [4.78, 5) is 15.4. The van der Waals surface area contributed by atoms with Gasteiger partial charge in [0.05, 0.1) is 7.11 Å². The van der Waals surface area contributed by atoms with Crippen LogP contribution in [0, 0.1) is 0 Å². The van der Waals surface area contributed by atoms with Crippen molar-refractivity contribution in [3.63, 3.8) is 0 Å². The van der Waals surface area contributed by atoms with Crippen LogP contribution >= 0.6 is 0 Å². The first kappa shape index (κ1) is 13.7. The molecular formula is C14H20N2O3. The Morgan fingerprint density at radius 3 is 2.47 bits per heavy atom. The maximum atomic E-state index is 11.3. The van der Waals surface area contributed by atoms with Gasteiger partial charge in [0.25, 0.3) is 0 Å². The first-order valence-corrected chi connectivity index (χ1v) is 6.52. The van der Waals surface area contributed by atoms with Gasteiger partial charge in [0, 0.05) is 32.7 Å². The monoisotopic (exact) mass is 264 g/mol. The van der Waals surface area contributed by atoms with Crippen LogP contribution < -0.4 is 4.74 Å². The summed E-state index contributed by atoms with van der Waals surface area (Å²) >= 11 is 0. The van der Waals surface area contributed by atoms with Gasteiger partial charge in [0.2, 0.25) is 0 Å². The zero-order chi connectivity index (χ0) is 13.5. The number of benzene rings is 1. The van der Waals surface area contributed by atoms with Crippen molar-refractivity contribution in [2.75, 3.05) is 46.4 Å². The first-order valence-electron chi connectivity index (χ1n) is 6.52. The van der Waals surface area contributed by atoms with E-state index in [4.69, 9.17) is 9.47 Å². The number of carbonyl (C=O) groups excluding carboxylic acids is 1. The number of hydrogen-bond acceptors (Lipinski definition) is 4. The first-order chi connectivity index (χ1) is 9.29. The smallest absolute Gasteiger partial charge is 0.409 e. The number of nitrogens with zero attached hydrogens (tertiary/aromatic N) is 2. The molecule has 19 heavy (non-hydrogen) atoms. The third kappa shape index (κ3) is 4.13. The van der Waals surface area contributed by atoms with E-state index in [9.17, 15) is 4.79 Å². The molecule has 0 unspecified atom stereocenters. The second kappa shape index (κ2) is 6.99. The largest absolute Gasteiger partial charge is 0.492 e. The Morgan fingerprint density at radius 1 is 1.16 bits per heavy atom. The Balaban J connectivity index is 1.65. The van der Waals surface area contributed by atoms with Gasteiger partial charge in [-0.3, -0.25) is 4.90 Å². The van der Waals surface area contributed by atoms with Crippen LogP contribution in [0.5, 0.6) is 5.75 Å². The Kier molecular flexibility index (Phi) is 5.03. The van der Waals surface area contributed by atoms with E-state index < -0.39 is 0 Å². The molecule has 104 valence electrons. The summed E-state index contributed by atoms with van der Waals surface area (Å²) in [5, 5.41) is 0. The third-order valence-electron chi connectivity index (χ3n) is 3.22. The van der Waals surface area contributed by atoms with Crippen LogP contribution in [-0.2, 0) is 4.74 Å². The number of hydrogen-bond donors (Lipinski definition) is 0. The lowest BCUT2D eigenvalue weighted by molar-refractivity contribution is 0.0860. The summed E-state index contributed by atoms with van der Waals surface area (Å²) in [5.74, 6) is 0.899. The van der Waals surface area contributed by atoms with Gasteiger partial charge in [-0.15, -0.1) is 0 Å². The van der Waals surface area contributed by atoms with E-state index in [0.717, 1.165) is 38.5 Å². The van der Waals surface area contributed by atoms with Crippen LogP contribution in [0.15, 0.2) is 30.3 Å². The summed E-state index contributed by atoms with van der Waals surface area (Å²) in [6, 6.07) is 9.80. The summed E-state index contributed by atoms with van der Waals surface area (Å²) < 4.78 is 10.4. The molecule has 1 amide bonds. The molecule has 0 N–H and O–H groups in total. The molecule has 5 nitrogen and oxygen atoms in total. The van der Waals surface area contributed by atoms with Crippen LogP contribution in [0.25, 0.3) is 0 Å². The molecule has 1 aliphatic rings. The van der Waals surface area contributed by atoms with E-state index in [1.165, 1.54) is 7.11 Å². The van der Waals surface area contributed by atoms with Gasteiger partial charge in [0.1, 0.15) is 12.4 Å². The molecule has 0 spiro atoms. The summed E-state index contributed by atoms with van der Waals surface area (Å²) in [5.41, 5.74) is 0. The highest BCUT2D eigenvalue weighted by molar-refractivity contribution is 5.67. The van der Waals surface area contributed by atoms with Crippen LogP contribution in [0.4, 0.5) is 4.79 Å². The molecule has 1 heterocycles. The number of carbonyl (C=O) groups is 1. The average Bonchev–Trinajstić information content (AvgIpc) is 2.48. The quantitative estimate of drug-likeness (QED) is 0.825. The molecule has 2 rings (SSSR count). The Labute approximate surface area is 113 Å². The van der Waals surface area contributed by atoms with E-state index in [1.807, 2.05) is 30.3 Å². The minimum atomic E-state index is -0.236. The van der Waals surface area contributed by atoms with Gasteiger partial charge in [-0.25, -0.2) is 4.79 Å². The molecule has 1 saturated heterocycles. The highest BCUT2D eigenvalue weighted by atomic mass is 16.5. The van der Waals surface area contributed by atoms with E-state index in [0.29, 0.717) is 6.61 Å². The van der Waals surface area contributed by atoms with Crippen LogP contribution in [0.1, 0.15) is 0 Å². The van der Waals surface area contributed by atoms with Crippen LogP contribution in [-0.4, -0.2) is 62.3 Å². The molecule has 1 aromatic rings. The zero-order valence-corrected chi connectivity index (χ0v) is 11.2. The molecular weight excluding hydrogens is 244 g/mol. The van der Waals surface area contributed by atoms with Gasteiger partial charge in [-0.1, -0.05) is 18.2 Å². The molecule has 5 heteroatoms. The lowest BCUT2D eigenvalue weighted by atomic mass is 10.3. The van der Waals surface area contributed by atoms with Gasteiger partial charge in [0.15, 0.2) is 0 Å². The van der Waals surface area contributed by atoms with Gasteiger partial charge in [-0.2, -0.15) is 0 Å². The Morgan fingerprint density at radius 2 is 1.84 bits per heavy atom. The van der Waals surface area contributed by atoms with E-state index in [2.05, 4.69) is 4.90 Å². The molecule has 1 aromatic carbocycles. The lowest BCUT2D eigenvalue weighted by Crippen LogP contribution is -2.49. The number of para-hydroxylation sites is 1. The van der Waals surface area contributed by atoms with Gasteiger partial charge >= 0.3 is 6.09 Å². The maximum Gasteiger partial charge on any atom is 0.409 e. The predicted molar refractivity (Wildman–Crippen MR) is 72.4 cm³/mol. The van der Waals surface area contributed by atoms with Gasteiger partial charge in [-0.05, 0) is 12.1 Å². The number of piperazine rings is 1. The van der Waals surface area contributed by atoms with Crippen molar-refractivity contribution in [2.24, 2.45) is 0 Å². The molecule has 1 aliphatic heterocycles. The van der Waals surface area contributed by atoms with Crippen molar-refractivity contribution in [1.29, 1.82) is 0 Å². The second-order valence-electron chi connectivity index (χ2n) is 4.46. The fourth-order valence-electron chi connectivity index (χ4n) is 2.09. The number of ether oxygens (including phenoxy) is 2. The SMILES string of the molecule is COC(=O)N1CCN(CCOc2ccccc2)CC1. The zero-order valence-electron chi connectivity index (χ0n) is 11.2. The second-order valence-corrected chi connectivity index (χ2v) is 4.46. The van der Waals surface area contributed by atoms with Crippen molar-refractivity contribution in [1.82, 2.24) is 9.80 Å². The summed E-state index contributed by atoms with van der Waals surface area (Å²) in [6.07, 6.45) is -0.236. The van der Waals surface area contributed by atoms with E-state index >= 15 is 0 Å². The van der Waals surface area contributed by atoms with Crippen molar-refractivity contribution >= 4 is 6.09 Å². The van der Waals surface area contributed by atoms with Crippen molar-refractivity contribution in [3.8, 4) is 5.75 Å². The average molecular weight is 264 g/mol. The summed E-state index contributed by atoms with van der Waals surface area (Å²) in [6.45, 7) is 4.72. The molecule has 0 saturated carbocycles. The van der Waals surface area contributed by atoms with E-state index in [-0.39, 0.29) is 6.09 Å². The van der Waals surface area contributed by atoms with Crippen LogP contribution in [0.2, 0.25) is 0 Å². The number of amides is 1. The van der Waals surface area contributed by atoms with Gasteiger partial charge < -0.3 is 14.4 Å². The topological polar surface area (TPSA) is 42.0 Å². The molecule has 1 fully saturated rings. The Hall–Kier alpha value is -1.75. The third-order valence-corrected chi connectivity index (χ3v) is 3.22. The molecule has 0 aromatic heterocycles. The molecule has 0 radical (unpaired) electrons. The predicted octanol–water partition coefficient (Wildman–Crippen LogP) is 1.45. The van der Waals surface area contributed by atoms with Crippen molar-refractivity contribution < 1.29 is 14.3 Å². The number of methoxy groups -OCH3 is 1. The fourth-order valence-corrected chi connectivity index (χ4v) is 2.09. The normalized spacial score (nSPS) is 16.2. The van der Waals surface area contributed by atoms with Crippen LogP contribution in [0.3, 0.4) is 0 Å². The molecule has 0 bridgehead atoms. The standard InChI is InChI=1S/C14H20N2O3/c1-18-14(17)16-9-7-15(8-10-16)11-12-19-13-5-3-2-4-6-13/h2-6H,7-12H2,1H3. The Bertz CT molecular complexity index is 389. The maximum absolute atomic E-state index is 11.3. The van der Waals surface area contributed by atoms with E-state index in [1.54, 1.807) is 4.90 Å². The lowest BCUT2D eigenvalue weighted by Gasteiger charge is -2.33. The molecule has 0 aliphatic carbocycles. The van der Waals surface area contributed by atoms with Crippen molar-refractivity contribution in [2.45, 2.75) is 0 Å². The summed E-state index contributed by atoms with van der Waals surface area (Å²) in [7, 11) is 1.42. The highest BCUT2D eigenvalue weighted by Crippen LogP contribution is 2.08. The minimum Gasteiger partial charge on any atom is -0.492 e. The number of rotatable bonds is 4. The minimum absolute atomic E-state index is 0.236. The fraction of sp³-hybridized carbons (Fsp3) is 0.500.